The molecule has 0 bridgehead atoms. The number of anilines is 1. The van der Waals surface area contributed by atoms with E-state index in [1.54, 1.807) is 12.1 Å². The lowest BCUT2D eigenvalue weighted by Crippen LogP contribution is -1.91. The molecule has 8 nitrogen and oxygen atoms in total. The van der Waals surface area contributed by atoms with E-state index in [4.69, 9.17) is 10.3 Å². The van der Waals surface area contributed by atoms with Crippen LogP contribution in [0.3, 0.4) is 0 Å². The quantitative estimate of drug-likeness (QED) is 0.579. The predicted octanol–water partition coefficient (Wildman–Crippen LogP) is 2.27. The summed E-state index contributed by atoms with van der Waals surface area (Å²) in [7, 11) is 0. The molecule has 0 amide bonds. The number of benzene rings is 1. The molecule has 0 saturated carbocycles. The van der Waals surface area contributed by atoms with E-state index in [9.17, 15) is 10.1 Å². The molecule has 0 atom stereocenters. The summed E-state index contributed by atoms with van der Waals surface area (Å²) in [5, 5.41) is 16.9. The molecule has 2 heterocycles. The van der Waals surface area contributed by atoms with Crippen LogP contribution in [0, 0.1) is 10.1 Å². The van der Waals surface area contributed by atoms with Gasteiger partial charge in [-0.3, -0.25) is 10.1 Å². The van der Waals surface area contributed by atoms with Gasteiger partial charge in [-0.1, -0.05) is 17.3 Å². The van der Waals surface area contributed by atoms with Crippen LogP contribution in [-0.2, 0) is 6.42 Å². The molecular formula is C12H9N5O3S. The van der Waals surface area contributed by atoms with Crippen molar-refractivity contribution in [3.05, 3.63) is 51.3 Å². The first-order chi connectivity index (χ1) is 10.1. The molecule has 3 rings (SSSR count). The molecule has 0 aliphatic carbocycles. The van der Waals surface area contributed by atoms with Gasteiger partial charge in [0.05, 0.1) is 17.0 Å². The van der Waals surface area contributed by atoms with Crippen molar-refractivity contribution in [1.29, 1.82) is 0 Å². The minimum absolute atomic E-state index is 0.0221. The number of nitrogens with zero attached hydrogens (tertiary/aromatic N) is 4. The summed E-state index contributed by atoms with van der Waals surface area (Å²) in [6, 6.07) is 6.06. The van der Waals surface area contributed by atoms with Crippen LogP contribution in [0.5, 0.6) is 0 Å². The number of nitro benzene ring substituents is 1. The van der Waals surface area contributed by atoms with Gasteiger partial charge in [0.2, 0.25) is 11.7 Å². The van der Waals surface area contributed by atoms with Gasteiger partial charge in [-0.05, 0) is 0 Å². The number of aromatic nitrogens is 3. The standard InChI is InChI=1S/C12H9N5O3S/c13-12-14-8(6-21-12)5-10-15-11(16-20-10)7-2-1-3-9(4-7)17(18)19/h1-4,6H,5H2,(H2,13,14). The van der Waals surface area contributed by atoms with E-state index >= 15 is 0 Å². The highest BCUT2D eigenvalue weighted by atomic mass is 32.1. The Kier molecular flexibility index (Phi) is 3.32. The molecule has 2 N–H and O–H groups in total. The Morgan fingerprint density at radius 1 is 1.38 bits per heavy atom. The zero-order chi connectivity index (χ0) is 14.8. The van der Waals surface area contributed by atoms with Crippen molar-refractivity contribution < 1.29 is 9.45 Å². The molecule has 1 aromatic carbocycles. The van der Waals surface area contributed by atoms with Gasteiger partial charge in [0.25, 0.3) is 5.69 Å². The average molecular weight is 303 g/mol. The maximum absolute atomic E-state index is 10.8. The topological polar surface area (TPSA) is 121 Å². The maximum atomic E-state index is 10.8. The normalized spacial score (nSPS) is 10.7. The number of non-ortho nitro benzene ring substituents is 1. The molecule has 3 aromatic rings. The monoisotopic (exact) mass is 303 g/mol. The SMILES string of the molecule is Nc1nc(Cc2nc(-c3cccc([N+](=O)[O-])c3)no2)cs1. The van der Waals surface area contributed by atoms with E-state index in [2.05, 4.69) is 15.1 Å². The number of nitrogens with two attached hydrogens (primary N) is 1. The first-order valence-corrected chi connectivity index (χ1v) is 6.77. The fourth-order valence-electron chi connectivity index (χ4n) is 1.76. The van der Waals surface area contributed by atoms with E-state index in [1.807, 2.05) is 5.38 Å². The van der Waals surface area contributed by atoms with Gasteiger partial charge in [0, 0.05) is 23.1 Å². The largest absolute Gasteiger partial charge is 0.375 e. The predicted molar refractivity (Wildman–Crippen MR) is 75.7 cm³/mol. The summed E-state index contributed by atoms with van der Waals surface area (Å²) in [6.45, 7) is 0. The number of nitrogen functional groups attached to an aromatic ring is 1. The van der Waals surface area contributed by atoms with Gasteiger partial charge in [0.1, 0.15) is 0 Å². The lowest BCUT2D eigenvalue weighted by Gasteiger charge is -1.94. The minimum atomic E-state index is -0.470. The number of rotatable bonds is 4. The van der Waals surface area contributed by atoms with Gasteiger partial charge in [-0.2, -0.15) is 4.98 Å². The van der Waals surface area contributed by atoms with Crippen LogP contribution in [0.2, 0.25) is 0 Å². The van der Waals surface area contributed by atoms with Crippen molar-refractivity contribution >= 4 is 22.2 Å². The third-order valence-corrected chi connectivity index (χ3v) is 3.41. The van der Waals surface area contributed by atoms with Crippen molar-refractivity contribution in [2.24, 2.45) is 0 Å². The number of nitro groups is 1. The van der Waals surface area contributed by atoms with E-state index < -0.39 is 4.92 Å². The Morgan fingerprint density at radius 2 is 2.24 bits per heavy atom. The van der Waals surface area contributed by atoms with Crippen molar-refractivity contribution in [3.63, 3.8) is 0 Å². The summed E-state index contributed by atoms with van der Waals surface area (Å²) >= 11 is 1.33. The van der Waals surface area contributed by atoms with Crippen LogP contribution in [-0.4, -0.2) is 20.0 Å². The average Bonchev–Trinajstić information content (AvgIpc) is 3.09. The zero-order valence-electron chi connectivity index (χ0n) is 10.6. The summed E-state index contributed by atoms with van der Waals surface area (Å²) in [4.78, 5) is 18.6. The molecule has 0 unspecified atom stereocenters. The van der Waals surface area contributed by atoms with Crippen molar-refractivity contribution in [3.8, 4) is 11.4 Å². The molecule has 0 saturated heterocycles. The highest BCUT2D eigenvalue weighted by Gasteiger charge is 2.13. The Labute approximate surface area is 122 Å². The Hall–Kier alpha value is -2.81. The number of thiazole rings is 1. The summed E-state index contributed by atoms with van der Waals surface area (Å²) < 4.78 is 5.13. The fourth-order valence-corrected chi connectivity index (χ4v) is 2.32. The van der Waals surface area contributed by atoms with Crippen LogP contribution in [0.4, 0.5) is 10.8 Å². The van der Waals surface area contributed by atoms with Crippen molar-refractivity contribution in [1.82, 2.24) is 15.1 Å². The molecular weight excluding hydrogens is 294 g/mol. The van der Waals surface area contributed by atoms with Gasteiger partial charge in [0.15, 0.2) is 5.13 Å². The smallest absolute Gasteiger partial charge is 0.270 e. The Bertz CT molecular complexity index is 798. The molecule has 21 heavy (non-hydrogen) atoms. The van der Waals surface area contributed by atoms with Crippen LogP contribution < -0.4 is 5.73 Å². The molecule has 0 radical (unpaired) electrons. The third-order valence-electron chi connectivity index (χ3n) is 2.69. The maximum Gasteiger partial charge on any atom is 0.270 e. The second-order valence-electron chi connectivity index (χ2n) is 4.17. The second kappa shape index (κ2) is 5.29. The molecule has 0 aliphatic rings. The highest BCUT2D eigenvalue weighted by Crippen LogP contribution is 2.22. The van der Waals surface area contributed by atoms with Crippen molar-refractivity contribution in [2.45, 2.75) is 6.42 Å². The molecule has 9 heteroatoms. The molecule has 0 spiro atoms. The molecule has 0 fully saturated rings. The van der Waals surface area contributed by atoms with Gasteiger partial charge in [-0.15, -0.1) is 11.3 Å². The number of hydrogen-bond acceptors (Lipinski definition) is 8. The van der Waals surface area contributed by atoms with Gasteiger partial charge >= 0.3 is 0 Å². The van der Waals surface area contributed by atoms with Gasteiger partial charge < -0.3 is 10.3 Å². The van der Waals surface area contributed by atoms with Crippen LogP contribution in [0.25, 0.3) is 11.4 Å². The fraction of sp³-hybridized carbons (Fsp3) is 0.0833. The van der Waals surface area contributed by atoms with Crippen LogP contribution >= 0.6 is 11.3 Å². The van der Waals surface area contributed by atoms with Gasteiger partial charge in [-0.25, -0.2) is 4.98 Å². The molecule has 106 valence electrons. The number of hydrogen-bond donors (Lipinski definition) is 1. The summed E-state index contributed by atoms with van der Waals surface area (Å²) in [5.41, 5.74) is 6.80. The third kappa shape index (κ3) is 2.87. The second-order valence-corrected chi connectivity index (χ2v) is 5.06. The lowest BCUT2D eigenvalue weighted by atomic mass is 10.2. The van der Waals surface area contributed by atoms with E-state index in [-0.39, 0.29) is 5.69 Å². The Balaban J connectivity index is 1.84. The van der Waals surface area contributed by atoms with E-state index in [1.165, 1.54) is 23.5 Å². The van der Waals surface area contributed by atoms with Crippen LogP contribution in [0.1, 0.15) is 11.6 Å². The zero-order valence-corrected chi connectivity index (χ0v) is 11.4. The lowest BCUT2D eigenvalue weighted by molar-refractivity contribution is -0.384. The first kappa shape index (κ1) is 13.2. The minimum Gasteiger partial charge on any atom is -0.375 e. The van der Waals surface area contributed by atoms with Crippen molar-refractivity contribution in [2.75, 3.05) is 5.73 Å². The molecule has 0 aliphatic heterocycles. The van der Waals surface area contributed by atoms with E-state index in [0.717, 1.165) is 5.69 Å². The summed E-state index contributed by atoms with van der Waals surface area (Å²) in [6.07, 6.45) is 0.371. The van der Waals surface area contributed by atoms with E-state index in [0.29, 0.717) is 28.8 Å². The summed E-state index contributed by atoms with van der Waals surface area (Å²) in [5.74, 6) is 0.679. The van der Waals surface area contributed by atoms with Crippen LogP contribution in [0.15, 0.2) is 34.2 Å². The first-order valence-electron chi connectivity index (χ1n) is 5.89. The molecule has 2 aromatic heterocycles. The Morgan fingerprint density at radius 3 is 2.95 bits per heavy atom. The highest BCUT2D eigenvalue weighted by molar-refractivity contribution is 7.13.